The lowest BCUT2D eigenvalue weighted by molar-refractivity contribution is -0.134. The number of rotatable bonds is 4. The average Bonchev–Trinajstić information content (AvgIpc) is 3.11. The minimum Gasteiger partial charge on any atom is -0.484 e. The number of imidazole rings is 1. The number of piperidine rings is 1. The van der Waals surface area contributed by atoms with E-state index in [-0.39, 0.29) is 18.4 Å². The van der Waals surface area contributed by atoms with Crippen LogP contribution in [-0.2, 0) is 4.79 Å². The Kier molecular flexibility index (Phi) is 4.61. The maximum absolute atomic E-state index is 12.6. The van der Waals surface area contributed by atoms with E-state index < -0.39 is 0 Å². The van der Waals surface area contributed by atoms with Gasteiger partial charge >= 0.3 is 0 Å². The standard InChI is InChI=1S/C21H23N3O2/c1-15-7-2-5-11-19(15)26-14-20(25)24-12-6-8-16(13-24)21-22-17-9-3-4-10-18(17)23-21/h2-5,7,9-11,16H,6,8,12-14H2,1H3,(H,22,23)/t16-/m0/s1. The Bertz CT molecular complexity index is 885. The van der Waals surface area contributed by atoms with E-state index in [9.17, 15) is 4.79 Å². The Hall–Kier alpha value is -2.82. The number of benzene rings is 2. The van der Waals surface area contributed by atoms with E-state index in [0.29, 0.717) is 6.54 Å². The van der Waals surface area contributed by atoms with Gasteiger partial charge in [-0.1, -0.05) is 30.3 Å². The zero-order chi connectivity index (χ0) is 17.9. The first-order valence-electron chi connectivity index (χ1n) is 9.11. The van der Waals surface area contributed by atoms with E-state index >= 15 is 0 Å². The normalized spacial score (nSPS) is 17.4. The lowest BCUT2D eigenvalue weighted by Crippen LogP contribution is -2.41. The van der Waals surface area contributed by atoms with Crippen LogP contribution in [0.15, 0.2) is 48.5 Å². The predicted molar refractivity (Wildman–Crippen MR) is 101 cm³/mol. The number of carbonyl (C=O) groups is 1. The summed E-state index contributed by atoms with van der Waals surface area (Å²) in [5, 5.41) is 0. The number of amides is 1. The Balaban J connectivity index is 1.41. The van der Waals surface area contributed by atoms with Crippen molar-refractivity contribution in [3.8, 4) is 5.75 Å². The molecule has 0 unspecified atom stereocenters. The van der Waals surface area contributed by atoms with Crippen LogP contribution in [0.5, 0.6) is 5.75 Å². The number of H-pyrrole nitrogens is 1. The molecule has 1 aromatic heterocycles. The largest absolute Gasteiger partial charge is 0.484 e. The maximum atomic E-state index is 12.6. The minimum absolute atomic E-state index is 0.0362. The van der Waals surface area contributed by atoms with Gasteiger partial charge in [0.05, 0.1) is 11.0 Å². The molecular weight excluding hydrogens is 326 g/mol. The van der Waals surface area contributed by atoms with Gasteiger partial charge in [-0.3, -0.25) is 4.79 Å². The van der Waals surface area contributed by atoms with Crippen LogP contribution in [0.25, 0.3) is 11.0 Å². The van der Waals surface area contributed by atoms with Gasteiger partial charge in [0.15, 0.2) is 6.61 Å². The first kappa shape index (κ1) is 16.6. The zero-order valence-electron chi connectivity index (χ0n) is 14.9. The molecule has 2 heterocycles. The SMILES string of the molecule is Cc1ccccc1OCC(=O)N1CCC[C@H](c2nc3ccccc3[nH]2)C1. The molecule has 134 valence electrons. The summed E-state index contributed by atoms with van der Waals surface area (Å²) in [6.07, 6.45) is 2.03. The summed E-state index contributed by atoms with van der Waals surface area (Å²) in [5.74, 6) is 2.03. The van der Waals surface area contributed by atoms with Gasteiger partial charge in [0.25, 0.3) is 5.91 Å². The maximum Gasteiger partial charge on any atom is 0.260 e. The first-order valence-corrected chi connectivity index (χ1v) is 9.11. The molecule has 5 heteroatoms. The van der Waals surface area contributed by atoms with Crippen molar-refractivity contribution in [2.45, 2.75) is 25.7 Å². The molecule has 4 rings (SSSR count). The number of hydrogen-bond donors (Lipinski definition) is 1. The number of aromatic nitrogens is 2. The fourth-order valence-corrected chi connectivity index (χ4v) is 3.54. The van der Waals surface area contributed by atoms with Gasteiger partial charge in [0, 0.05) is 19.0 Å². The molecule has 0 bridgehead atoms. The fourth-order valence-electron chi connectivity index (χ4n) is 3.54. The molecule has 0 radical (unpaired) electrons. The van der Waals surface area contributed by atoms with E-state index in [1.807, 2.05) is 60.4 Å². The van der Waals surface area contributed by atoms with Gasteiger partial charge in [-0.2, -0.15) is 0 Å². The quantitative estimate of drug-likeness (QED) is 0.782. The van der Waals surface area contributed by atoms with Crippen molar-refractivity contribution in [3.05, 3.63) is 59.9 Å². The Morgan fingerprint density at radius 1 is 1.23 bits per heavy atom. The molecule has 1 N–H and O–H groups in total. The van der Waals surface area contributed by atoms with Crippen molar-refractivity contribution in [2.75, 3.05) is 19.7 Å². The number of likely N-dealkylation sites (tertiary alicyclic amines) is 1. The molecule has 5 nitrogen and oxygen atoms in total. The second-order valence-corrected chi connectivity index (χ2v) is 6.87. The number of hydrogen-bond acceptors (Lipinski definition) is 3. The number of aromatic amines is 1. The molecule has 2 aromatic carbocycles. The molecule has 1 aliphatic rings. The van der Waals surface area contributed by atoms with Gasteiger partial charge in [-0.25, -0.2) is 4.98 Å². The first-order chi connectivity index (χ1) is 12.7. The number of nitrogens with zero attached hydrogens (tertiary/aromatic N) is 2. The molecular formula is C21H23N3O2. The van der Waals surface area contributed by atoms with Crippen molar-refractivity contribution in [3.63, 3.8) is 0 Å². The van der Waals surface area contributed by atoms with Crippen LogP contribution in [0.3, 0.4) is 0 Å². The van der Waals surface area contributed by atoms with Gasteiger partial charge in [0.2, 0.25) is 0 Å². The summed E-state index contributed by atoms with van der Waals surface area (Å²) < 4.78 is 5.73. The number of aryl methyl sites for hydroxylation is 1. The molecule has 3 aromatic rings. The van der Waals surface area contributed by atoms with Gasteiger partial charge in [-0.15, -0.1) is 0 Å². The van der Waals surface area contributed by atoms with Crippen LogP contribution in [0.1, 0.15) is 30.1 Å². The highest BCUT2D eigenvalue weighted by Crippen LogP contribution is 2.27. The molecule has 0 aliphatic carbocycles. The number of ether oxygens (including phenoxy) is 1. The van der Waals surface area contributed by atoms with Crippen LogP contribution in [0.4, 0.5) is 0 Å². The van der Waals surface area contributed by atoms with E-state index in [4.69, 9.17) is 9.72 Å². The van der Waals surface area contributed by atoms with E-state index in [0.717, 1.165) is 47.6 Å². The lowest BCUT2D eigenvalue weighted by Gasteiger charge is -2.31. The highest BCUT2D eigenvalue weighted by Gasteiger charge is 2.27. The minimum atomic E-state index is 0.0362. The second kappa shape index (κ2) is 7.20. The van der Waals surface area contributed by atoms with Crippen molar-refractivity contribution < 1.29 is 9.53 Å². The third kappa shape index (κ3) is 3.43. The van der Waals surface area contributed by atoms with Gasteiger partial charge in [-0.05, 0) is 43.5 Å². The summed E-state index contributed by atoms with van der Waals surface area (Å²) in [4.78, 5) is 22.6. The summed E-state index contributed by atoms with van der Waals surface area (Å²) in [5.41, 5.74) is 3.07. The van der Waals surface area contributed by atoms with Crippen molar-refractivity contribution >= 4 is 16.9 Å². The highest BCUT2D eigenvalue weighted by molar-refractivity contribution is 5.78. The van der Waals surface area contributed by atoms with E-state index in [1.165, 1.54) is 0 Å². The van der Waals surface area contributed by atoms with Crippen LogP contribution in [-0.4, -0.2) is 40.5 Å². The third-order valence-electron chi connectivity index (χ3n) is 5.01. The molecule has 1 atom stereocenters. The van der Waals surface area contributed by atoms with Crippen molar-refractivity contribution in [1.82, 2.24) is 14.9 Å². The Morgan fingerprint density at radius 2 is 2.04 bits per heavy atom. The topological polar surface area (TPSA) is 58.2 Å². The number of carbonyl (C=O) groups excluding carboxylic acids is 1. The van der Waals surface area contributed by atoms with Crippen molar-refractivity contribution in [1.29, 1.82) is 0 Å². The van der Waals surface area contributed by atoms with Crippen LogP contribution in [0.2, 0.25) is 0 Å². The van der Waals surface area contributed by atoms with Gasteiger partial charge in [0.1, 0.15) is 11.6 Å². The summed E-state index contributed by atoms with van der Waals surface area (Å²) in [6.45, 7) is 3.54. The summed E-state index contributed by atoms with van der Waals surface area (Å²) >= 11 is 0. The molecule has 26 heavy (non-hydrogen) atoms. The van der Waals surface area contributed by atoms with E-state index in [1.54, 1.807) is 0 Å². The van der Waals surface area contributed by atoms with Crippen LogP contribution >= 0.6 is 0 Å². The van der Waals surface area contributed by atoms with E-state index in [2.05, 4.69) is 4.98 Å². The summed E-state index contributed by atoms with van der Waals surface area (Å²) in [6, 6.07) is 15.8. The van der Waals surface area contributed by atoms with Crippen LogP contribution in [0, 0.1) is 6.92 Å². The number of para-hydroxylation sites is 3. The zero-order valence-corrected chi connectivity index (χ0v) is 14.9. The molecule has 1 saturated heterocycles. The lowest BCUT2D eigenvalue weighted by atomic mass is 9.97. The van der Waals surface area contributed by atoms with Gasteiger partial charge < -0.3 is 14.6 Å². The average molecular weight is 349 g/mol. The molecule has 0 spiro atoms. The van der Waals surface area contributed by atoms with Crippen LogP contribution < -0.4 is 4.74 Å². The number of nitrogens with one attached hydrogen (secondary N) is 1. The molecule has 0 saturated carbocycles. The monoisotopic (exact) mass is 349 g/mol. The molecule has 1 aliphatic heterocycles. The predicted octanol–water partition coefficient (Wildman–Crippen LogP) is 3.66. The van der Waals surface area contributed by atoms with Crippen molar-refractivity contribution in [2.24, 2.45) is 0 Å². The molecule has 1 amide bonds. The fraction of sp³-hybridized carbons (Fsp3) is 0.333. The Morgan fingerprint density at radius 3 is 2.88 bits per heavy atom. The second-order valence-electron chi connectivity index (χ2n) is 6.87. The number of fused-ring (bicyclic) bond motifs is 1. The molecule has 1 fully saturated rings. The highest BCUT2D eigenvalue weighted by atomic mass is 16.5. The smallest absolute Gasteiger partial charge is 0.260 e. The third-order valence-corrected chi connectivity index (χ3v) is 5.01. The Labute approximate surface area is 153 Å². The summed E-state index contributed by atoms with van der Waals surface area (Å²) in [7, 11) is 0.